The van der Waals surface area contributed by atoms with Crippen LogP contribution in [0.15, 0.2) is 64.4 Å². The van der Waals surface area contributed by atoms with Gasteiger partial charge in [0, 0.05) is 28.3 Å². The number of aliphatic hydroxyl groups is 1. The minimum absolute atomic E-state index is 0.0643. The summed E-state index contributed by atoms with van der Waals surface area (Å²) in [6.07, 6.45) is 1.77. The highest BCUT2D eigenvalue weighted by molar-refractivity contribution is 6.03. The molecule has 8 nitrogen and oxygen atoms in total. The summed E-state index contributed by atoms with van der Waals surface area (Å²) >= 11 is 0. The molecule has 0 saturated heterocycles. The zero-order valence-electron chi connectivity index (χ0n) is 18.9. The molecule has 8 heteroatoms. The molecule has 0 unspecified atom stereocenters. The Bertz CT molecular complexity index is 1640. The number of carbonyl (C=O) groups excluding carboxylic acids is 1. The Hall–Kier alpha value is -4.30. The van der Waals surface area contributed by atoms with Crippen LogP contribution >= 0.6 is 0 Å². The Balaban J connectivity index is 1.60. The second-order valence-corrected chi connectivity index (χ2v) is 8.72. The first kappa shape index (κ1) is 21.2. The van der Waals surface area contributed by atoms with E-state index < -0.39 is 11.6 Å². The predicted octanol–water partition coefficient (Wildman–Crippen LogP) is 3.54. The van der Waals surface area contributed by atoms with Gasteiger partial charge in [-0.25, -0.2) is 9.78 Å². The van der Waals surface area contributed by atoms with Crippen LogP contribution in [0.2, 0.25) is 0 Å². The van der Waals surface area contributed by atoms with E-state index in [0.717, 1.165) is 16.5 Å². The zero-order valence-corrected chi connectivity index (χ0v) is 18.9. The smallest absolute Gasteiger partial charge is 0.343 e. The molecule has 1 atom stereocenters. The number of carbonyl (C=O) groups is 1. The fourth-order valence-electron chi connectivity index (χ4n) is 4.91. The van der Waals surface area contributed by atoms with E-state index in [1.165, 1.54) is 0 Å². The lowest BCUT2D eigenvalue weighted by Gasteiger charge is -2.31. The number of esters is 1. The highest BCUT2D eigenvalue weighted by Crippen LogP contribution is 2.40. The van der Waals surface area contributed by atoms with Crippen LogP contribution < -0.4 is 5.56 Å². The second-order valence-electron chi connectivity index (χ2n) is 8.72. The van der Waals surface area contributed by atoms with Crippen molar-refractivity contribution >= 4 is 28.8 Å². The number of rotatable bonds is 3. The molecule has 0 spiro atoms. The molecule has 2 aliphatic rings. The number of cyclic esters (lactones) is 1. The van der Waals surface area contributed by atoms with Crippen molar-refractivity contribution in [1.29, 1.82) is 0 Å². The molecule has 0 radical (unpaired) electrons. The van der Waals surface area contributed by atoms with Crippen molar-refractivity contribution < 1.29 is 19.7 Å². The van der Waals surface area contributed by atoms with Crippen LogP contribution in [0.25, 0.3) is 22.3 Å². The van der Waals surface area contributed by atoms with Crippen LogP contribution in [0.1, 0.15) is 35.6 Å². The number of phenols is 1. The summed E-state index contributed by atoms with van der Waals surface area (Å²) in [5.41, 5.74) is 2.22. The van der Waals surface area contributed by atoms with Crippen molar-refractivity contribution in [2.45, 2.75) is 32.1 Å². The quantitative estimate of drug-likeness (QED) is 0.310. The lowest BCUT2D eigenvalue weighted by atomic mass is 9.86. The van der Waals surface area contributed by atoms with Crippen LogP contribution in [0.4, 0.5) is 5.69 Å². The van der Waals surface area contributed by atoms with Gasteiger partial charge < -0.3 is 19.5 Å². The number of nitrogens with zero attached hydrogens (tertiary/aromatic N) is 3. The van der Waals surface area contributed by atoms with Crippen molar-refractivity contribution in [2.24, 2.45) is 4.99 Å². The third-order valence-electron chi connectivity index (χ3n) is 6.85. The van der Waals surface area contributed by atoms with Crippen molar-refractivity contribution in [3.05, 3.63) is 87.2 Å². The van der Waals surface area contributed by atoms with Gasteiger partial charge in [-0.05, 0) is 30.7 Å². The Morgan fingerprint density at radius 2 is 1.91 bits per heavy atom. The highest BCUT2D eigenvalue weighted by Gasteiger charge is 2.45. The number of aromatic nitrogens is 2. The number of aromatic hydroxyl groups is 1. The standard InChI is InChI=1S/C27H21N3O5/c1-2-27(34)19-11-22-24-17(13-30(22)25(32)18(19)14-35-26(27)33)16(15-7-3-4-8-20(15)29-24)12-28-21-9-5-6-10-23(21)31/h3-12,31,34H,2,13-14H2,1H3/t27-/m0/s1. The van der Waals surface area contributed by atoms with Gasteiger partial charge in [0.05, 0.1) is 29.0 Å². The number of phenolic OH excluding ortho intramolecular Hbond substituents is 1. The number of aliphatic imine (C=N–C) groups is 1. The topological polar surface area (TPSA) is 114 Å². The minimum Gasteiger partial charge on any atom is -0.506 e. The molecule has 4 heterocycles. The number of hydrogen-bond donors (Lipinski definition) is 2. The molecule has 2 aromatic carbocycles. The summed E-state index contributed by atoms with van der Waals surface area (Å²) in [5, 5.41) is 22.1. The van der Waals surface area contributed by atoms with Crippen LogP contribution in [-0.4, -0.2) is 31.9 Å². The van der Waals surface area contributed by atoms with Crippen LogP contribution in [0, 0.1) is 0 Å². The monoisotopic (exact) mass is 467 g/mol. The fourth-order valence-corrected chi connectivity index (χ4v) is 4.91. The van der Waals surface area contributed by atoms with Gasteiger partial charge in [-0.15, -0.1) is 0 Å². The van der Waals surface area contributed by atoms with Gasteiger partial charge in [0.25, 0.3) is 5.56 Å². The summed E-state index contributed by atoms with van der Waals surface area (Å²) < 4.78 is 6.75. The number of para-hydroxylation sites is 3. The third kappa shape index (κ3) is 3.03. The van der Waals surface area contributed by atoms with Crippen molar-refractivity contribution in [3.8, 4) is 17.1 Å². The van der Waals surface area contributed by atoms with Crippen LogP contribution in [0.3, 0.4) is 0 Å². The maximum atomic E-state index is 13.5. The molecule has 2 aliphatic heterocycles. The molecule has 0 fully saturated rings. The van der Waals surface area contributed by atoms with E-state index in [9.17, 15) is 19.8 Å². The summed E-state index contributed by atoms with van der Waals surface area (Å²) in [7, 11) is 0. The van der Waals surface area contributed by atoms with Gasteiger partial charge in [0.1, 0.15) is 18.0 Å². The highest BCUT2D eigenvalue weighted by atomic mass is 16.6. The number of ether oxygens (including phenoxy) is 1. The van der Waals surface area contributed by atoms with E-state index in [2.05, 4.69) is 4.99 Å². The van der Waals surface area contributed by atoms with E-state index in [4.69, 9.17) is 9.72 Å². The first-order valence-electron chi connectivity index (χ1n) is 11.3. The van der Waals surface area contributed by atoms with Gasteiger partial charge in [0.2, 0.25) is 0 Å². The SMILES string of the molecule is CC[C@@]1(O)C(=O)OCc2c1cc1n(c2=O)Cc2c-1nc1ccccc1c2C=Nc1ccccc1O. The van der Waals surface area contributed by atoms with E-state index in [1.807, 2.05) is 24.3 Å². The van der Waals surface area contributed by atoms with Gasteiger partial charge in [-0.2, -0.15) is 0 Å². The molecule has 0 saturated carbocycles. The van der Waals surface area contributed by atoms with Crippen molar-refractivity contribution in [3.63, 3.8) is 0 Å². The summed E-state index contributed by atoms with van der Waals surface area (Å²) in [4.78, 5) is 35.2. The Morgan fingerprint density at radius 3 is 2.71 bits per heavy atom. The number of pyridine rings is 2. The molecular weight excluding hydrogens is 446 g/mol. The zero-order chi connectivity index (χ0) is 24.3. The minimum atomic E-state index is -1.88. The largest absolute Gasteiger partial charge is 0.506 e. The van der Waals surface area contributed by atoms with Gasteiger partial charge in [-0.3, -0.25) is 9.79 Å². The third-order valence-corrected chi connectivity index (χ3v) is 6.85. The molecule has 0 amide bonds. The maximum absolute atomic E-state index is 13.5. The maximum Gasteiger partial charge on any atom is 0.343 e. The number of benzene rings is 2. The molecule has 174 valence electrons. The van der Waals surface area contributed by atoms with E-state index >= 15 is 0 Å². The van der Waals surface area contributed by atoms with Crippen molar-refractivity contribution in [2.75, 3.05) is 0 Å². The molecule has 4 aromatic rings. The first-order valence-corrected chi connectivity index (χ1v) is 11.3. The summed E-state index contributed by atoms with van der Waals surface area (Å²) in [6, 6.07) is 16.1. The lowest BCUT2D eigenvalue weighted by molar-refractivity contribution is -0.172. The van der Waals surface area contributed by atoms with E-state index in [-0.39, 0.29) is 42.0 Å². The second kappa shape index (κ2) is 7.61. The fraction of sp³-hybridized carbons (Fsp3) is 0.185. The van der Waals surface area contributed by atoms with Gasteiger partial charge in [-0.1, -0.05) is 37.3 Å². The molecule has 6 rings (SSSR count). The lowest BCUT2D eigenvalue weighted by Crippen LogP contribution is -2.44. The Labute approximate surface area is 199 Å². The van der Waals surface area contributed by atoms with E-state index in [1.54, 1.807) is 48.0 Å². The predicted molar refractivity (Wildman–Crippen MR) is 130 cm³/mol. The van der Waals surface area contributed by atoms with Gasteiger partial charge >= 0.3 is 5.97 Å². The number of fused-ring (bicyclic) bond motifs is 5. The van der Waals surface area contributed by atoms with Crippen molar-refractivity contribution in [1.82, 2.24) is 9.55 Å². The number of hydrogen-bond acceptors (Lipinski definition) is 7. The summed E-state index contributed by atoms with van der Waals surface area (Å²) in [5.74, 6) is -0.688. The normalized spacial score (nSPS) is 18.4. The summed E-state index contributed by atoms with van der Waals surface area (Å²) in [6.45, 7) is 1.76. The van der Waals surface area contributed by atoms with Gasteiger partial charge in [0.15, 0.2) is 5.60 Å². The van der Waals surface area contributed by atoms with Crippen LogP contribution in [-0.2, 0) is 28.3 Å². The molecule has 2 aromatic heterocycles. The average molecular weight is 467 g/mol. The molecular formula is C27H21N3O5. The molecule has 2 N–H and O–H groups in total. The Kier molecular flexibility index (Phi) is 4.62. The van der Waals surface area contributed by atoms with Crippen LogP contribution in [0.5, 0.6) is 5.75 Å². The Morgan fingerprint density at radius 1 is 1.14 bits per heavy atom. The average Bonchev–Trinajstić information content (AvgIpc) is 3.24. The molecule has 0 aliphatic carbocycles. The first-order chi connectivity index (χ1) is 16.9. The van der Waals surface area contributed by atoms with E-state index in [0.29, 0.717) is 22.6 Å². The molecule has 35 heavy (non-hydrogen) atoms. The molecule has 0 bridgehead atoms.